The molecule has 26 heavy (non-hydrogen) atoms. The fourth-order valence-corrected chi connectivity index (χ4v) is 2.76. The Labute approximate surface area is 153 Å². The van der Waals surface area contributed by atoms with Crippen molar-refractivity contribution in [2.75, 3.05) is 13.7 Å². The number of halogens is 2. The first-order valence-electron chi connectivity index (χ1n) is 7.61. The number of carbonyl (C=O) groups is 2. The van der Waals surface area contributed by atoms with Crippen molar-refractivity contribution in [2.24, 2.45) is 0 Å². The molecule has 2 aromatic carbocycles. The van der Waals surface area contributed by atoms with Crippen LogP contribution in [0.1, 0.15) is 15.9 Å². The molecule has 2 rings (SSSR count). The topological polar surface area (TPSA) is 64.6 Å². The summed E-state index contributed by atoms with van der Waals surface area (Å²) in [5.41, 5.74) is 0.767. The Balaban J connectivity index is 1.88. The molecule has 2 aromatic rings. The van der Waals surface area contributed by atoms with Crippen LogP contribution < -0.4 is 10.1 Å². The SMILES string of the molecule is COc1ccccc1CNC(=O)COC(=O)c1ccccc1SC(F)F. The number of carbonyl (C=O) groups excluding carboxylic acids is 2. The number of benzene rings is 2. The quantitative estimate of drug-likeness (QED) is 0.560. The summed E-state index contributed by atoms with van der Waals surface area (Å²) < 4.78 is 35.2. The number of ether oxygens (including phenoxy) is 2. The summed E-state index contributed by atoms with van der Waals surface area (Å²) in [5.74, 6) is -3.37. The third-order valence-corrected chi connectivity index (χ3v) is 4.11. The van der Waals surface area contributed by atoms with E-state index in [0.29, 0.717) is 5.75 Å². The molecule has 0 atom stereocenters. The number of amides is 1. The van der Waals surface area contributed by atoms with E-state index in [9.17, 15) is 18.4 Å². The molecule has 5 nitrogen and oxygen atoms in total. The molecular formula is C18H17F2NO4S. The van der Waals surface area contributed by atoms with Crippen molar-refractivity contribution in [3.8, 4) is 5.75 Å². The number of para-hydroxylation sites is 1. The molecular weight excluding hydrogens is 364 g/mol. The Morgan fingerprint density at radius 1 is 1.12 bits per heavy atom. The van der Waals surface area contributed by atoms with Crippen LogP contribution in [-0.2, 0) is 16.1 Å². The fourth-order valence-electron chi connectivity index (χ4n) is 2.14. The molecule has 8 heteroatoms. The van der Waals surface area contributed by atoms with Gasteiger partial charge in [0.25, 0.3) is 11.7 Å². The minimum atomic E-state index is -2.66. The number of thioether (sulfide) groups is 1. The minimum absolute atomic E-state index is 0.00433. The van der Waals surface area contributed by atoms with E-state index in [2.05, 4.69) is 5.32 Å². The molecule has 0 bridgehead atoms. The van der Waals surface area contributed by atoms with Crippen LogP contribution in [0, 0.1) is 0 Å². The monoisotopic (exact) mass is 381 g/mol. The van der Waals surface area contributed by atoms with Crippen molar-refractivity contribution in [3.05, 3.63) is 59.7 Å². The first kappa shape index (κ1) is 19.7. The maximum atomic E-state index is 12.5. The lowest BCUT2D eigenvalue weighted by atomic mass is 10.2. The maximum absolute atomic E-state index is 12.5. The maximum Gasteiger partial charge on any atom is 0.339 e. The van der Waals surface area contributed by atoms with Crippen LogP contribution in [0.15, 0.2) is 53.4 Å². The average Bonchev–Trinajstić information content (AvgIpc) is 2.64. The van der Waals surface area contributed by atoms with E-state index in [1.807, 2.05) is 6.07 Å². The van der Waals surface area contributed by atoms with Crippen LogP contribution >= 0.6 is 11.8 Å². The standard InChI is InChI=1S/C18H17F2NO4S/c1-24-14-8-4-2-6-12(14)10-21-16(22)11-25-17(23)13-7-3-5-9-15(13)26-18(19)20/h2-9,18H,10-11H2,1H3,(H,21,22). The van der Waals surface area contributed by atoms with Crippen LogP contribution in [0.3, 0.4) is 0 Å². The smallest absolute Gasteiger partial charge is 0.339 e. The molecule has 0 spiro atoms. The number of hydrogen-bond donors (Lipinski definition) is 1. The van der Waals surface area contributed by atoms with Crippen molar-refractivity contribution in [2.45, 2.75) is 17.2 Å². The zero-order valence-electron chi connectivity index (χ0n) is 13.9. The molecule has 1 N–H and O–H groups in total. The minimum Gasteiger partial charge on any atom is -0.496 e. The Hall–Kier alpha value is -2.61. The molecule has 0 heterocycles. The highest BCUT2D eigenvalue weighted by molar-refractivity contribution is 7.99. The van der Waals surface area contributed by atoms with Gasteiger partial charge in [-0.3, -0.25) is 4.79 Å². The molecule has 0 fully saturated rings. The Kier molecular flexibility index (Phi) is 7.40. The highest BCUT2D eigenvalue weighted by atomic mass is 32.2. The third-order valence-electron chi connectivity index (χ3n) is 3.33. The Morgan fingerprint density at radius 2 is 1.81 bits per heavy atom. The summed E-state index contributed by atoms with van der Waals surface area (Å²) in [5, 5.41) is 2.61. The molecule has 0 aliphatic carbocycles. The van der Waals surface area contributed by atoms with Gasteiger partial charge in [0.2, 0.25) is 0 Å². The van der Waals surface area contributed by atoms with Crippen molar-refractivity contribution in [3.63, 3.8) is 0 Å². The second-order valence-corrected chi connectivity index (χ2v) is 6.07. The van der Waals surface area contributed by atoms with Crippen LogP contribution in [0.2, 0.25) is 0 Å². The number of nitrogens with one attached hydrogen (secondary N) is 1. The third kappa shape index (κ3) is 5.73. The van der Waals surface area contributed by atoms with Gasteiger partial charge in [0, 0.05) is 17.0 Å². The van der Waals surface area contributed by atoms with E-state index in [4.69, 9.17) is 9.47 Å². The zero-order chi connectivity index (χ0) is 18.9. The van der Waals surface area contributed by atoms with Crippen molar-refractivity contribution in [1.29, 1.82) is 0 Å². The molecule has 0 saturated heterocycles. The van der Waals surface area contributed by atoms with Gasteiger partial charge in [-0.2, -0.15) is 8.78 Å². The largest absolute Gasteiger partial charge is 0.496 e. The second kappa shape index (κ2) is 9.76. The molecule has 0 unspecified atom stereocenters. The summed E-state index contributed by atoms with van der Waals surface area (Å²) in [4.78, 5) is 24.0. The van der Waals surface area contributed by atoms with Crippen molar-refractivity contribution in [1.82, 2.24) is 5.32 Å². The lowest BCUT2D eigenvalue weighted by molar-refractivity contribution is -0.124. The highest BCUT2D eigenvalue weighted by Crippen LogP contribution is 2.28. The number of methoxy groups -OCH3 is 1. The van der Waals surface area contributed by atoms with Crippen LogP contribution in [0.5, 0.6) is 5.75 Å². The van der Waals surface area contributed by atoms with Gasteiger partial charge >= 0.3 is 5.97 Å². The molecule has 0 saturated carbocycles. The molecule has 0 aromatic heterocycles. The van der Waals surface area contributed by atoms with E-state index in [1.165, 1.54) is 25.3 Å². The van der Waals surface area contributed by atoms with Gasteiger partial charge in [0.1, 0.15) is 5.75 Å². The second-order valence-electron chi connectivity index (χ2n) is 5.04. The number of alkyl halides is 2. The van der Waals surface area contributed by atoms with Crippen LogP contribution in [0.25, 0.3) is 0 Å². The van der Waals surface area contributed by atoms with Crippen molar-refractivity contribution < 1.29 is 27.8 Å². The lowest BCUT2D eigenvalue weighted by Gasteiger charge is -2.11. The molecule has 0 aliphatic heterocycles. The van der Waals surface area contributed by atoms with E-state index in [-0.39, 0.29) is 28.8 Å². The van der Waals surface area contributed by atoms with E-state index >= 15 is 0 Å². The van der Waals surface area contributed by atoms with Gasteiger partial charge in [-0.25, -0.2) is 4.79 Å². The van der Waals surface area contributed by atoms with Gasteiger partial charge in [0.15, 0.2) is 6.61 Å². The first-order valence-corrected chi connectivity index (χ1v) is 8.48. The van der Waals surface area contributed by atoms with Gasteiger partial charge in [-0.1, -0.05) is 42.1 Å². The summed E-state index contributed by atoms with van der Waals surface area (Å²) in [6, 6.07) is 13.0. The highest BCUT2D eigenvalue weighted by Gasteiger charge is 2.17. The lowest BCUT2D eigenvalue weighted by Crippen LogP contribution is -2.28. The Bertz CT molecular complexity index is 770. The van der Waals surface area contributed by atoms with Crippen LogP contribution in [0.4, 0.5) is 8.78 Å². The first-order chi connectivity index (χ1) is 12.5. The van der Waals surface area contributed by atoms with Gasteiger partial charge < -0.3 is 14.8 Å². The van der Waals surface area contributed by atoms with Crippen molar-refractivity contribution >= 4 is 23.6 Å². The average molecular weight is 381 g/mol. The zero-order valence-corrected chi connectivity index (χ0v) is 14.7. The van der Waals surface area contributed by atoms with Gasteiger partial charge in [0.05, 0.1) is 12.7 Å². The predicted octanol–water partition coefficient (Wildman–Crippen LogP) is 3.48. The summed E-state index contributed by atoms with van der Waals surface area (Å²) in [6.45, 7) is -0.306. The van der Waals surface area contributed by atoms with Gasteiger partial charge in [-0.15, -0.1) is 0 Å². The van der Waals surface area contributed by atoms with E-state index < -0.39 is 24.2 Å². The molecule has 1 amide bonds. The van der Waals surface area contributed by atoms with Crippen LogP contribution in [-0.4, -0.2) is 31.4 Å². The summed E-state index contributed by atoms with van der Waals surface area (Å²) >= 11 is 0.251. The predicted molar refractivity (Wildman–Crippen MR) is 93.4 cm³/mol. The van der Waals surface area contributed by atoms with E-state index in [1.54, 1.807) is 24.3 Å². The molecule has 138 valence electrons. The molecule has 0 radical (unpaired) electrons. The number of rotatable bonds is 8. The molecule has 0 aliphatic rings. The number of esters is 1. The van der Waals surface area contributed by atoms with Gasteiger partial charge in [-0.05, 0) is 18.2 Å². The summed E-state index contributed by atoms with van der Waals surface area (Å²) in [6.07, 6.45) is 0. The normalized spacial score (nSPS) is 10.5. The Morgan fingerprint density at radius 3 is 2.54 bits per heavy atom. The summed E-state index contributed by atoms with van der Waals surface area (Å²) in [7, 11) is 1.53. The fraction of sp³-hybridized carbons (Fsp3) is 0.222. The van der Waals surface area contributed by atoms with E-state index in [0.717, 1.165) is 5.56 Å². The number of hydrogen-bond acceptors (Lipinski definition) is 5.